The molecule has 0 atom stereocenters. The van der Waals surface area contributed by atoms with Crippen LogP contribution >= 0.6 is 0 Å². The zero-order chi connectivity index (χ0) is 12.8. The molecule has 0 spiro atoms. The summed E-state index contributed by atoms with van der Waals surface area (Å²) in [4.78, 5) is 0. The predicted octanol–water partition coefficient (Wildman–Crippen LogP) is 2.10. The first-order chi connectivity index (χ1) is 8.77. The lowest BCUT2D eigenvalue weighted by Crippen LogP contribution is -2.32. The SMILES string of the molecule is C[n+]1ccccc1CCCOc1ccccc1N. The van der Waals surface area contributed by atoms with E-state index < -0.39 is 0 Å². The number of hydrogen-bond donors (Lipinski definition) is 1. The third kappa shape index (κ3) is 3.23. The van der Waals surface area contributed by atoms with Gasteiger partial charge in [-0.3, -0.25) is 0 Å². The van der Waals surface area contributed by atoms with Crippen molar-refractivity contribution in [1.82, 2.24) is 0 Å². The van der Waals surface area contributed by atoms with E-state index in [1.807, 2.05) is 30.3 Å². The molecule has 0 saturated carbocycles. The Kier molecular flexibility index (Phi) is 4.18. The summed E-state index contributed by atoms with van der Waals surface area (Å²) in [6.07, 6.45) is 4.04. The van der Waals surface area contributed by atoms with E-state index in [1.54, 1.807) is 0 Å². The number of ether oxygens (including phenoxy) is 1. The van der Waals surface area contributed by atoms with Crippen LogP contribution in [0.15, 0.2) is 48.7 Å². The Morgan fingerprint density at radius 2 is 1.89 bits per heavy atom. The van der Waals surface area contributed by atoms with Crippen molar-refractivity contribution >= 4 is 5.69 Å². The van der Waals surface area contributed by atoms with E-state index in [1.165, 1.54) is 5.69 Å². The van der Waals surface area contributed by atoms with Crippen molar-refractivity contribution in [2.45, 2.75) is 12.8 Å². The van der Waals surface area contributed by atoms with E-state index in [9.17, 15) is 0 Å². The lowest BCUT2D eigenvalue weighted by atomic mass is 10.2. The second-order valence-corrected chi connectivity index (χ2v) is 4.29. The first-order valence-corrected chi connectivity index (χ1v) is 6.18. The average molecular weight is 243 g/mol. The molecule has 0 saturated heterocycles. The Balaban J connectivity index is 1.80. The molecule has 2 N–H and O–H groups in total. The zero-order valence-electron chi connectivity index (χ0n) is 10.7. The third-order valence-corrected chi connectivity index (χ3v) is 2.92. The fraction of sp³-hybridized carbons (Fsp3) is 0.267. The number of pyridine rings is 1. The second kappa shape index (κ2) is 6.05. The van der Waals surface area contributed by atoms with Crippen LogP contribution in [-0.2, 0) is 13.5 Å². The Labute approximate surface area is 108 Å². The maximum absolute atomic E-state index is 5.81. The van der Waals surface area contributed by atoms with Crippen LogP contribution in [0.3, 0.4) is 0 Å². The summed E-state index contributed by atoms with van der Waals surface area (Å²) in [5.41, 5.74) is 7.81. The molecule has 0 fully saturated rings. The molecule has 3 heteroatoms. The highest BCUT2D eigenvalue weighted by atomic mass is 16.5. The molecule has 18 heavy (non-hydrogen) atoms. The number of aromatic nitrogens is 1. The van der Waals surface area contributed by atoms with Gasteiger partial charge in [0, 0.05) is 18.6 Å². The molecule has 0 aliphatic carbocycles. The van der Waals surface area contributed by atoms with Crippen LogP contribution in [0.2, 0.25) is 0 Å². The van der Waals surface area contributed by atoms with Crippen molar-refractivity contribution in [1.29, 1.82) is 0 Å². The number of nitrogen functional groups attached to an aromatic ring is 1. The van der Waals surface area contributed by atoms with Gasteiger partial charge in [-0.15, -0.1) is 0 Å². The molecule has 1 aromatic heterocycles. The largest absolute Gasteiger partial charge is 0.491 e. The van der Waals surface area contributed by atoms with Gasteiger partial charge in [-0.25, -0.2) is 4.57 Å². The van der Waals surface area contributed by atoms with Gasteiger partial charge in [-0.2, -0.15) is 0 Å². The number of aryl methyl sites for hydroxylation is 2. The van der Waals surface area contributed by atoms with E-state index in [4.69, 9.17) is 10.5 Å². The van der Waals surface area contributed by atoms with E-state index in [0.717, 1.165) is 18.6 Å². The first-order valence-electron chi connectivity index (χ1n) is 6.18. The van der Waals surface area contributed by atoms with Gasteiger partial charge in [0.05, 0.1) is 12.3 Å². The summed E-state index contributed by atoms with van der Waals surface area (Å²) in [5.74, 6) is 0.773. The van der Waals surface area contributed by atoms with E-state index in [0.29, 0.717) is 12.3 Å². The number of para-hydroxylation sites is 2. The summed E-state index contributed by atoms with van der Waals surface area (Å²) in [6.45, 7) is 0.684. The van der Waals surface area contributed by atoms with Crippen LogP contribution < -0.4 is 15.0 Å². The Morgan fingerprint density at radius 1 is 1.11 bits per heavy atom. The zero-order valence-corrected chi connectivity index (χ0v) is 10.7. The minimum absolute atomic E-state index is 0.684. The number of nitrogens with two attached hydrogens (primary N) is 1. The van der Waals surface area contributed by atoms with Crippen LogP contribution in [0.1, 0.15) is 12.1 Å². The van der Waals surface area contributed by atoms with Crippen molar-refractivity contribution in [2.24, 2.45) is 7.05 Å². The van der Waals surface area contributed by atoms with Crippen molar-refractivity contribution in [3.05, 3.63) is 54.4 Å². The van der Waals surface area contributed by atoms with Gasteiger partial charge in [-0.05, 0) is 18.6 Å². The van der Waals surface area contributed by atoms with Crippen LogP contribution in [0.4, 0.5) is 5.69 Å². The maximum atomic E-state index is 5.81. The molecule has 0 aliphatic rings. The Hall–Kier alpha value is -2.03. The van der Waals surface area contributed by atoms with Crippen molar-refractivity contribution in [3.63, 3.8) is 0 Å². The normalized spacial score (nSPS) is 10.3. The van der Waals surface area contributed by atoms with Gasteiger partial charge in [-0.1, -0.05) is 18.2 Å². The van der Waals surface area contributed by atoms with Gasteiger partial charge < -0.3 is 10.5 Å². The molecule has 0 radical (unpaired) electrons. The topological polar surface area (TPSA) is 39.1 Å². The van der Waals surface area contributed by atoms with E-state index in [-0.39, 0.29) is 0 Å². The summed E-state index contributed by atoms with van der Waals surface area (Å²) in [5, 5.41) is 0. The van der Waals surface area contributed by atoms with Gasteiger partial charge in [0.15, 0.2) is 11.9 Å². The van der Waals surface area contributed by atoms with Crippen LogP contribution in [0.5, 0.6) is 5.75 Å². The van der Waals surface area contributed by atoms with Crippen LogP contribution in [-0.4, -0.2) is 6.61 Å². The van der Waals surface area contributed by atoms with E-state index in [2.05, 4.69) is 29.9 Å². The van der Waals surface area contributed by atoms with E-state index >= 15 is 0 Å². The number of benzene rings is 1. The Morgan fingerprint density at radius 3 is 2.67 bits per heavy atom. The van der Waals surface area contributed by atoms with Crippen LogP contribution in [0, 0.1) is 0 Å². The van der Waals surface area contributed by atoms with Crippen molar-refractivity contribution < 1.29 is 9.30 Å². The van der Waals surface area contributed by atoms with Crippen molar-refractivity contribution in [2.75, 3.05) is 12.3 Å². The molecule has 0 bridgehead atoms. The highest BCUT2D eigenvalue weighted by Crippen LogP contribution is 2.19. The summed E-state index contributed by atoms with van der Waals surface area (Å²) in [6, 6.07) is 13.8. The molecule has 3 nitrogen and oxygen atoms in total. The number of nitrogens with zero attached hydrogens (tertiary/aromatic N) is 1. The molecule has 94 valence electrons. The standard InChI is InChI=1S/C15H19N2O/c1-17-11-5-4-7-13(17)8-6-12-18-15-10-3-2-9-14(15)16/h2-5,7,9-11H,6,8,12,16H2,1H3/q+1. The highest BCUT2D eigenvalue weighted by Gasteiger charge is 2.04. The molecule has 0 amide bonds. The number of anilines is 1. The molecule has 0 aliphatic heterocycles. The van der Waals surface area contributed by atoms with Gasteiger partial charge in [0.2, 0.25) is 0 Å². The molecule has 0 unspecified atom stereocenters. The van der Waals surface area contributed by atoms with Gasteiger partial charge in [0.25, 0.3) is 0 Å². The maximum Gasteiger partial charge on any atom is 0.181 e. The molecule has 2 rings (SSSR count). The van der Waals surface area contributed by atoms with Gasteiger partial charge >= 0.3 is 0 Å². The molecule has 1 aromatic carbocycles. The predicted molar refractivity (Wildman–Crippen MR) is 72.3 cm³/mol. The number of hydrogen-bond acceptors (Lipinski definition) is 2. The monoisotopic (exact) mass is 243 g/mol. The minimum atomic E-state index is 0.684. The van der Waals surface area contributed by atoms with Crippen molar-refractivity contribution in [3.8, 4) is 5.75 Å². The molecular formula is C15H19N2O+. The van der Waals surface area contributed by atoms with Gasteiger partial charge in [0.1, 0.15) is 12.8 Å². The lowest BCUT2D eigenvalue weighted by molar-refractivity contribution is -0.679. The Bertz CT molecular complexity index is 464. The number of rotatable bonds is 5. The minimum Gasteiger partial charge on any atom is -0.491 e. The fourth-order valence-electron chi connectivity index (χ4n) is 1.87. The third-order valence-electron chi connectivity index (χ3n) is 2.92. The molecule has 1 heterocycles. The molecular weight excluding hydrogens is 224 g/mol. The molecule has 2 aromatic rings. The fourth-order valence-corrected chi connectivity index (χ4v) is 1.87. The second-order valence-electron chi connectivity index (χ2n) is 4.29. The summed E-state index contributed by atoms with van der Waals surface area (Å²) in [7, 11) is 2.06. The quantitative estimate of drug-likeness (QED) is 0.496. The summed E-state index contributed by atoms with van der Waals surface area (Å²) < 4.78 is 7.80. The van der Waals surface area contributed by atoms with Crippen LogP contribution in [0.25, 0.3) is 0 Å². The smallest absolute Gasteiger partial charge is 0.181 e. The highest BCUT2D eigenvalue weighted by molar-refractivity contribution is 5.51. The lowest BCUT2D eigenvalue weighted by Gasteiger charge is -2.07. The average Bonchev–Trinajstić information content (AvgIpc) is 2.38. The summed E-state index contributed by atoms with van der Waals surface area (Å²) >= 11 is 0. The first kappa shape index (κ1) is 12.4.